The molecule has 0 radical (unpaired) electrons. The molecule has 0 aliphatic heterocycles. The Bertz CT molecular complexity index is 381. The largest absolute Gasteiger partial charge is 0.398 e. The molecule has 0 aliphatic carbocycles. The number of nitro groups is 1. The highest BCUT2D eigenvalue weighted by atomic mass is 16.6. The summed E-state index contributed by atoms with van der Waals surface area (Å²) in [4.78, 5) is 9.98. The van der Waals surface area contributed by atoms with E-state index in [0.29, 0.717) is 12.2 Å². The number of aliphatic hydroxyl groups is 1. The number of nitrogens with two attached hydrogens (primary N) is 1. The summed E-state index contributed by atoms with van der Waals surface area (Å²) >= 11 is 0. The van der Waals surface area contributed by atoms with Gasteiger partial charge in [-0.2, -0.15) is 0 Å². The Morgan fingerprint density at radius 2 is 2.31 bits per heavy atom. The van der Waals surface area contributed by atoms with Crippen LogP contribution >= 0.6 is 0 Å². The molecule has 0 saturated carbocycles. The molecule has 0 spiro atoms. The van der Waals surface area contributed by atoms with Gasteiger partial charge in [0.25, 0.3) is 5.69 Å². The standard InChI is InChI=1S/C10H14N2O4/c1-2-16-10(6-13)8-4-3-7(12(14)15)5-9(8)11/h3-5,10,13H,2,6,11H2,1H3. The van der Waals surface area contributed by atoms with Crippen LogP contribution in [0.4, 0.5) is 11.4 Å². The van der Waals surface area contributed by atoms with Gasteiger partial charge in [0.2, 0.25) is 0 Å². The Balaban J connectivity index is 3.01. The number of non-ortho nitro benzene ring substituents is 1. The van der Waals surface area contributed by atoms with Gasteiger partial charge in [0.05, 0.1) is 11.5 Å². The third-order valence-corrected chi connectivity index (χ3v) is 2.16. The lowest BCUT2D eigenvalue weighted by Crippen LogP contribution is -2.11. The zero-order chi connectivity index (χ0) is 12.1. The number of benzene rings is 1. The lowest BCUT2D eigenvalue weighted by atomic mass is 10.1. The average Bonchev–Trinajstić information content (AvgIpc) is 2.26. The van der Waals surface area contributed by atoms with Gasteiger partial charge < -0.3 is 15.6 Å². The minimum absolute atomic E-state index is 0.0746. The molecule has 88 valence electrons. The van der Waals surface area contributed by atoms with Crippen LogP contribution in [-0.4, -0.2) is 23.2 Å². The van der Waals surface area contributed by atoms with Crippen LogP contribution in [0.2, 0.25) is 0 Å². The number of hydrogen-bond donors (Lipinski definition) is 2. The zero-order valence-electron chi connectivity index (χ0n) is 8.92. The van der Waals surface area contributed by atoms with Gasteiger partial charge in [-0.05, 0) is 13.0 Å². The van der Waals surface area contributed by atoms with E-state index in [1.165, 1.54) is 18.2 Å². The summed E-state index contributed by atoms with van der Waals surface area (Å²) in [5.74, 6) is 0. The van der Waals surface area contributed by atoms with Crippen molar-refractivity contribution in [1.82, 2.24) is 0 Å². The Kier molecular flexibility index (Phi) is 4.21. The number of ether oxygens (including phenoxy) is 1. The molecule has 3 N–H and O–H groups in total. The maximum Gasteiger partial charge on any atom is 0.271 e. The van der Waals surface area contributed by atoms with Crippen molar-refractivity contribution in [2.75, 3.05) is 18.9 Å². The number of nitrogens with zero attached hydrogens (tertiary/aromatic N) is 1. The number of hydrogen-bond acceptors (Lipinski definition) is 5. The molecular weight excluding hydrogens is 212 g/mol. The zero-order valence-corrected chi connectivity index (χ0v) is 8.92. The highest BCUT2D eigenvalue weighted by Gasteiger charge is 2.16. The Hall–Kier alpha value is -1.66. The fourth-order valence-electron chi connectivity index (χ4n) is 1.41. The van der Waals surface area contributed by atoms with Crippen molar-refractivity contribution >= 4 is 11.4 Å². The summed E-state index contributed by atoms with van der Waals surface area (Å²) in [6.07, 6.45) is -0.536. The minimum Gasteiger partial charge on any atom is -0.398 e. The highest BCUT2D eigenvalue weighted by Crippen LogP contribution is 2.26. The van der Waals surface area contributed by atoms with Gasteiger partial charge in [-0.15, -0.1) is 0 Å². The lowest BCUT2D eigenvalue weighted by Gasteiger charge is -2.16. The maximum atomic E-state index is 10.5. The molecule has 0 aromatic heterocycles. The maximum absolute atomic E-state index is 10.5. The second-order valence-corrected chi connectivity index (χ2v) is 3.20. The van der Waals surface area contributed by atoms with Crippen molar-refractivity contribution in [2.24, 2.45) is 0 Å². The van der Waals surface area contributed by atoms with E-state index in [9.17, 15) is 10.1 Å². The van der Waals surface area contributed by atoms with Gasteiger partial charge in [0.1, 0.15) is 6.10 Å². The first-order chi connectivity index (χ1) is 7.60. The summed E-state index contributed by atoms with van der Waals surface area (Å²) in [6.45, 7) is 2.02. The van der Waals surface area contributed by atoms with Gasteiger partial charge in [-0.1, -0.05) is 0 Å². The number of aliphatic hydroxyl groups excluding tert-OH is 1. The molecular formula is C10H14N2O4. The van der Waals surface area contributed by atoms with Crippen LogP contribution in [0.15, 0.2) is 18.2 Å². The molecule has 0 aliphatic rings. The average molecular weight is 226 g/mol. The van der Waals surface area contributed by atoms with E-state index in [1.54, 1.807) is 6.92 Å². The third kappa shape index (κ3) is 2.68. The van der Waals surface area contributed by atoms with E-state index in [4.69, 9.17) is 15.6 Å². The van der Waals surface area contributed by atoms with Gasteiger partial charge in [-0.3, -0.25) is 10.1 Å². The van der Waals surface area contributed by atoms with E-state index in [1.807, 2.05) is 0 Å². The SMILES string of the molecule is CCOC(CO)c1ccc([N+](=O)[O-])cc1N. The number of anilines is 1. The lowest BCUT2D eigenvalue weighted by molar-refractivity contribution is -0.384. The van der Waals surface area contributed by atoms with E-state index < -0.39 is 11.0 Å². The van der Waals surface area contributed by atoms with Crippen molar-refractivity contribution < 1.29 is 14.8 Å². The van der Waals surface area contributed by atoms with Crippen molar-refractivity contribution in [3.05, 3.63) is 33.9 Å². The van der Waals surface area contributed by atoms with Gasteiger partial charge in [0.15, 0.2) is 0 Å². The molecule has 16 heavy (non-hydrogen) atoms. The molecule has 1 atom stereocenters. The fourth-order valence-corrected chi connectivity index (χ4v) is 1.41. The van der Waals surface area contributed by atoms with Crippen LogP contribution < -0.4 is 5.73 Å². The second kappa shape index (κ2) is 5.43. The highest BCUT2D eigenvalue weighted by molar-refractivity contribution is 5.54. The monoisotopic (exact) mass is 226 g/mol. The second-order valence-electron chi connectivity index (χ2n) is 3.20. The Morgan fingerprint density at radius 1 is 1.62 bits per heavy atom. The molecule has 0 saturated heterocycles. The van der Waals surface area contributed by atoms with Crippen LogP contribution in [0.25, 0.3) is 0 Å². The predicted molar refractivity (Wildman–Crippen MR) is 59.0 cm³/mol. The molecule has 1 rings (SSSR count). The van der Waals surface area contributed by atoms with Crippen LogP contribution in [0, 0.1) is 10.1 Å². The molecule has 1 unspecified atom stereocenters. The van der Waals surface area contributed by atoms with Crippen molar-refractivity contribution in [3.63, 3.8) is 0 Å². The number of nitrogen functional groups attached to an aromatic ring is 1. The normalized spacial score (nSPS) is 12.4. The van der Waals surface area contributed by atoms with E-state index >= 15 is 0 Å². The topological polar surface area (TPSA) is 98.6 Å². The minimum atomic E-state index is -0.536. The molecule has 6 nitrogen and oxygen atoms in total. The molecule has 6 heteroatoms. The summed E-state index contributed by atoms with van der Waals surface area (Å²) < 4.78 is 5.26. The molecule has 0 heterocycles. The molecule has 0 fully saturated rings. The Labute approximate surface area is 92.8 Å². The van der Waals surface area contributed by atoms with E-state index in [2.05, 4.69) is 0 Å². The summed E-state index contributed by atoms with van der Waals surface area (Å²) in [7, 11) is 0. The van der Waals surface area contributed by atoms with Crippen molar-refractivity contribution in [1.29, 1.82) is 0 Å². The van der Waals surface area contributed by atoms with Crippen molar-refractivity contribution in [2.45, 2.75) is 13.0 Å². The van der Waals surface area contributed by atoms with Gasteiger partial charge >= 0.3 is 0 Å². The fraction of sp³-hybridized carbons (Fsp3) is 0.400. The van der Waals surface area contributed by atoms with Gasteiger partial charge in [0, 0.05) is 30.0 Å². The number of nitro benzene ring substituents is 1. The van der Waals surface area contributed by atoms with Crippen LogP contribution in [-0.2, 0) is 4.74 Å². The summed E-state index contributed by atoms with van der Waals surface area (Å²) in [5.41, 5.74) is 6.41. The summed E-state index contributed by atoms with van der Waals surface area (Å²) in [5, 5.41) is 19.6. The molecule has 0 bridgehead atoms. The third-order valence-electron chi connectivity index (χ3n) is 2.16. The molecule has 1 aromatic carbocycles. The van der Waals surface area contributed by atoms with Crippen LogP contribution in [0.5, 0.6) is 0 Å². The van der Waals surface area contributed by atoms with Gasteiger partial charge in [-0.25, -0.2) is 0 Å². The molecule has 1 aromatic rings. The van der Waals surface area contributed by atoms with Crippen molar-refractivity contribution in [3.8, 4) is 0 Å². The first kappa shape index (κ1) is 12.4. The first-order valence-electron chi connectivity index (χ1n) is 4.86. The smallest absolute Gasteiger partial charge is 0.271 e. The summed E-state index contributed by atoms with van der Waals surface area (Å²) in [6, 6.07) is 4.11. The van der Waals surface area contributed by atoms with Crippen LogP contribution in [0.3, 0.4) is 0 Å². The van der Waals surface area contributed by atoms with Crippen LogP contribution in [0.1, 0.15) is 18.6 Å². The van der Waals surface area contributed by atoms with E-state index in [0.717, 1.165) is 0 Å². The predicted octanol–water partition coefficient (Wildman–Crippen LogP) is 1.25. The quantitative estimate of drug-likeness (QED) is 0.447. The van der Waals surface area contributed by atoms with E-state index in [-0.39, 0.29) is 18.0 Å². The number of rotatable bonds is 5. The Morgan fingerprint density at radius 3 is 2.75 bits per heavy atom. The molecule has 0 amide bonds. The first-order valence-corrected chi connectivity index (χ1v) is 4.86.